The molecule has 0 saturated carbocycles. The molecule has 0 bridgehead atoms. The first-order valence-electron chi connectivity index (χ1n) is 3.90. The third-order valence-electron chi connectivity index (χ3n) is 1.30. The summed E-state index contributed by atoms with van der Waals surface area (Å²) in [6.45, 7) is 4.78. The molecular weight excluding hydrogens is 140 g/mol. The van der Waals surface area contributed by atoms with Crippen molar-refractivity contribution in [3.8, 4) is 6.07 Å². The number of nitriles is 1. The van der Waals surface area contributed by atoms with Gasteiger partial charge in [0, 0.05) is 6.61 Å². The Hall–Kier alpha value is -0.590. The van der Waals surface area contributed by atoms with Crippen LogP contribution in [-0.4, -0.2) is 18.8 Å². The van der Waals surface area contributed by atoms with Gasteiger partial charge in [0.25, 0.3) is 0 Å². The highest BCUT2D eigenvalue weighted by Gasteiger charge is 2.16. The highest BCUT2D eigenvalue weighted by molar-refractivity contribution is 5.00. The quantitative estimate of drug-likeness (QED) is 0.605. The van der Waals surface area contributed by atoms with E-state index in [1.807, 2.05) is 6.07 Å². The van der Waals surface area contributed by atoms with Gasteiger partial charge in [-0.15, -0.1) is 0 Å². The van der Waals surface area contributed by atoms with Gasteiger partial charge >= 0.3 is 0 Å². The summed E-state index contributed by atoms with van der Waals surface area (Å²) in [5.41, 5.74) is 4.69. The second-order valence-corrected chi connectivity index (χ2v) is 2.94. The van der Waals surface area contributed by atoms with Crippen molar-refractivity contribution in [2.45, 2.75) is 32.2 Å². The fraction of sp³-hybridized carbons (Fsp3) is 0.875. The molecule has 2 N–H and O–H groups in total. The van der Waals surface area contributed by atoms with E-state index < -0.39 is 5.54 Å². The van der Waals surface area contributed by atoms with Crippen LogP contribution in [0.5, 0.6) is 0 Å². The van der Waals surface area contributed by atoms with E-state index in [1.165, 1.54) is 0 Å². The summed E-state index contributed by atoms with van der Waals surface area (Å²) in [5, 5.41) is 8.50. The van der Waals surface area contributed by atoms with E-state index in [9.17, 15) is 0 Å². The van der Waals surface area contributed by atoms with Crippen LogP contribution in [-0.2, 0) is 4.74 Å². The van der Waals surface area contributed by atoms with Gasteiger partial charge in [-0.1, -0.05) is 13.3 Å². The Kier molecular flexibility index (Phi) is 4.84. The lowest BCUT2D eigenvalue weighted by atomic mass is 10.1. The summed E-state index contributed by atoms with van der Waals surface area (Å²) in [4.78, 5) is 0. The largest absolute Gasteiger partial charge is 0.378 e. The standard InChI is InChI=1S/C8H16N2O/c1-3-4-5-11-7-8(2,10)6-9/h3-5,7,10H2,1-2H3. The molecule has 11 heavy (non-hydrogen) atoms. The number of nitrogens with two attached hydrogens (primary N) is 1. The number of ether oxygens (including phenoxy) is 1. The smallest absolute Gasteiger partial charge is 0.124 e. The van der Waals surface area contributed by atoms with Gasteiger partial charge in [0.2, 0.25) is 0 Å². The molecule has 0 amide bonds. The summed E-state index contributed by atoms with van der Waals surface area (Å²) in [7, 11) is 0. The van der Waals surface area contributed by atoms with Gasteiger partial charge in [0.1, 0.15) is 5.54 Å². The van der Waals surface area contributed by atoms with E-state index >= 15 is 0 Å². The summed E-state index contributed by atoms with van der Waals surface area (Å²) in [6, 6.07) is 1.97. The van der Waals surface area contributed by atoms with Crippen molar-refractivity contribution in [2.75, 3.05) is 13.2 Å². The van der Waals surface area contributed by atoms with Gasteiger partial charge in [0.15, 0.2) is 0 Å². The predicted molar refractivity (Wildman–Crippen MR) is 43.9 cm³/mol. The zero-order chi connectivity index (χ0) is 8.74. The van der Waals surface area contributed by atoms with Crippen molar-refractivity contribution in [1.29, 1.82) is 5.26 Å². The van der Waals surface area contributed by atoms with Crippen molar-refractivity contribution < 1.29 is 4.74 Å². The fourth-order valence-electron chi connectivity index (χ4n) is 0.563. The molecule has 1 atom stereocenters. The van der Waals surface area contributed by atoms with Crippen LogP contribution < -0.4 is 5.73 Å². The first-order chi connectivity index (χ1) is 5.12. The normalized spacial score (nSPS) is 15.5. The minimum absolute atomic E-state index is 0.323. The molecule has 1 unspecified atom stereocenters. The molecule has 3 heteroatoms. The van der Waals surface area contributed by atoms with Gasteiger partial charge in [-0.3, -0.25) is 0 Å². The van der Waals surface area contributed by atoms with Gasteiger partial charge in [0.05, 0.1) is 12.7 Å². The fourth-order valence-corrected chi connectivity index (χ4v) is 0.563. The van der Waals surface area contributed by atoms with E-state index in [1.54, 1.807) is 6.92 Å². The Morgan fingerprint density at radius 2 is 2.27 bits per heavy atom. The molecule has 64 valence electrons. The van der Waals surface area contributed by atoms with E-state index in [0.29, 0.717) is 13.2 Å². The van der Waals surface area contributed by atoms with Crippen LogP contribution in [0, 0.1) is 11.3 Å². The number of hydrogen-bond acceptors (Lipinski definition) is 3. The second-order valence-electron chi connectivity index (χ2n) is 2.94. The first-order valence-corrected chi connectivity index (χ1v) is 3.90. The lowest BCUT2D eigenvalue weighted by Gasteiger charge is -2.14. The molecule has 0 aliphatic carbocycles. The van der Waals surface area contributed by atoms with Crippen molar-refractivity contribution in [1.82, 2.24) is 0 Å². The summed E-state index contributed by atoms with van der Waals surface area (Å²) >= 11 is 0. The Balaban J connectivity index is 3.32. The van der Waals surface area contributed by atoms with Crippen molar-refractivity contribution in [2.24, 2.45) is 5.73 Å². The maximum Gasteiger partial charge on any atom is 0.124 e. The highest BCUT2D eigenvalue weighted by atomic mass is 16.5. The summed E-state index contributed by atoms with van der Waals surface area (Å²) < 4.78 is 5.18. The Morgan fingerprint density at radius 3 is 2.73 bits per heavy atom. The lowest BCUT2D eigenvalue weighted by Crippen LogP contribution is -2.39. The van der Waals surface area contributed by atoms with Gasteiger partial charge in [-0.05, 0) is 13.3 Å². The first kappa shape index (κ1) is 10.4. The van der Waals surface area contributed by atoms with E-state index in [2.05, 4.69) is 6.92 Å². The molecule has 0 aromatic rings. The lowest BCUT2D eigenvalue weighted by molar-refractivity contribution is 0.105. The Labute approximate surface area is 68.1 Å². The van der Waals surface area contributed by atoms with Crippen molar-refractivity contribution in [3.63, 3.8) is 0 Å². The number of rotatable bonds is 5. The van der Waals surface area contributed by atoms with Gasteiger partial charge in [-0.2, -0.15) is 5.26 Å². The average molecular weight is 156 g/mol. The zero-order valence-corrected chi connectivity index (χ0v) is 7.26. The Morgan fingerprint density at radius 1 is 1.64 bits per heavy atom. The predicted octanol–water partition coefficient (Wildman–Crippen LogP) is 1.04. The van der Waals surface area contributed by atoms with E-state index in [4.69, 9.17) is 15.7 Å². The zero-order valence-electron chi connectivity index (χ0n) is 7.26. The molecule has 0 fully saturated rings. The van der Waals surface area contributed by atoms with Crippen LogP contribution in [0.1, 0.15) is 26.7 Å². The minimum Gasteiger partial charge on any atom is -0.378 e. The molecule has 0 aliphatic heterocycles. The molecule has 0 heterocycles. The van der Waals surface area contributed by atoms with Crippen molar-refractivity contribution in [3.05, 3.63) is 0 Å². The number of unbranched alkanes of at least 4 members (excludes halogenated alkanes) is 1. The molecular formula is C8H16N2O. The SMILES string of the molecule is CCCCOCC(C)(N)C#N. The van der Waals surface area contributed by atoms with Crippen molar-refractivity contribution >= 4 is 0 Å². The van der Waals surface area contributed by atoms with Gasteiger partial charge < -0.3 is 10.5 Å². The minimum atomic E-state index is -0.826. The summed E-state index contributed by atoms with van der Waals surface area (Å²) in [6.07, 6.45) is 2.13. The van der Waals surface area contributed by atoms with Crippen LogP contribution in [0.15, 0.2) is 0 Å². The molecule has 0 aromatic carbocycles. The van der Waals surface area contributed by atoms with Gasteiger partial charge in [-0.25, -0.2) is 0 Å². The van der Waals surface area contributed by atoms with Crippen LogP contribution in [0.25, 0.3) is 0 Å². The maximum absolute atomic E-state index is 8.50. The molecule has 0 aromatic heterocycles. The van der Waals surface area contributed by atoms with Crippen LogP contribution in [0.3, 0.4) is 0 Å². The van der Waals surface area contributed by atoms with E-state index in [-0.39, 0.29) is 0 Å². The topological polar surface area (TPSA) is 59.0 Å². The Bertz CT molecular complexity index is 138. The van der Waals surface area contributed by atoms with Crippen LogP contribution in [0.4, 0.5) is 0 Å². The molecule has 0 radical (unpaired) electrons. The second kappa shape index (κ2) is 5.11. The molecule has 0 saturated heterocycles. The van der Waals surface area contributed by atoms with E-state index in [0.717, 1.165) is 12.8 Å². The number of hydrogen-bond donors (Lipinski definition) is 1. The third-order valence-corrected chi connectivity index (χ3v) is 1.30. The maximum atomic E-state index is 8.50. The number of nitrogens with zero attached hydrogens (tertiary/aromatic N) is 1. The summed E-state index contributed by atoms with van der Waals surface area (Å²) in [5.74, 6) is 0. The van der Waals surface area contributed by atoms with Crippen LogP contribution >= 0.6 is 0 Å². The molecule has 0 spiro atoms. The third kappa shape index (κ3) is 5.84. The monoisotopic (exact) mass is 156 g/mol. The van der Waals surface area contributed by atoms with Crippen LogP contribution in [0.2, 0.25) is 0 Å². The molecule has 0 rings (SSSR count). The highest BCUT2D eigenvalue weighted by Crippen LogP contribution is 1.98. The molecule has 0 aliphatic rings. The molecule has 3 nitrogen and oxygen atoms in total. The average Bonchev–Trinajstić information content (AvgIpc) is 1.99.